The van der Waals surface area contributed by atoms with Crippen LogP contribution in [0.2, 0.25) is 0 Å². The van der Waals surface area contributed by atoms with Crippen molar-refractivity contribution in [3.05, 3.63) is 0 Å². The molecule has 14 heavy (non-hydrogen) atoms. The van der Waals surface area contributed by atoms with Crippen LogP contribution in [0.4, 0.5) is 4.79 Å². The van der Waals surface area contributed by atoms with Crippen LogP contribution in [0.3, 0.4) is 0 Å². The third-order valence-electron chi connectivity index (χ3n) is 2.55. The number of nitrogens with zero attached hydrogens (tertiary/aromatic N) is 1. The zero-order valence-corrected chi connectivity index (χ0v) is 9.30. The van der Waals surface area contributed by atoms with Gasteiger partial charge in [-0.25, -0.2) is 4.79 Å². The third kappa shape index (κ3) is 3.18. The first kappa shape index (κ1) is 11.3. The Morgan fingerprint density at radius 1 is 1.57 bits per heavy atom. The van der Waals surface area contributed by atoms with Crippen molar-refractivity contribution in [3.63, 3.8) is 0 Å². The van der Waals surface area contributed by atoms with Gasteiger partial charge in [-0.2, -0.15) is 0 Å². The number of carbonyl (C=O) groups excluding carboxylic acids is 1. The Kier molecular flexibility index (Phi) is 3.75. The Morgan fingerprint density at radius 2 is 2.29 bits per heavy atom. The smallest absolute Gasteiger partial charge is 0.317 e. The standard InChI is InChI=1S/C10H20N2O2/c1-10(2,4-7-14-3)8-12-6-5-11-9(12)13/h4-8H2,1-3H3,(H,11,13). The number of hydrogen-bond acceptors (Lipinski definition) is 2. The molecule has 0 aromatic rings. The van der Waals surface area contributed by atoms with E-state index in [9.17, 15) is 4.79 Å². The number of rotatable bonds is 5. The van der Waals surface area contributed by atoms with E-state index in [2.05, 4.69) is 19.2 Å². The van der Waals surface area contributed by atoms with Crippen LogP contribution < -0.4 is 5.32 Å². The molecular formula is C10H20N2O2. The van der Waals surface area contributed by atoms with E-state index >= 15 is 0 Å². The van der Waals surface area contributed by atoms with Gasteiger partial charge < -0.3 is 15.0 Å². The van der Waals surface area contributed by atoms with E-state index in [1.807, 2.05) is 4.90 Å². The number of urea groups is 1. The topological polar surface area (TPSA) is 41.6 Å². The summed E-state index contributed by atoms with van der Waals surface area (Å²) in [6.45, 7) is 7.49. The first-order valence-corrected chi connectivity index (χ1v) is 5.07. The molecule has 4 heteroatoms. The lowest BCUT2D eigenvalue weighted by Crippen LogP contribution is -2.37. The molecule has 1 N–H and O–H groups in total. The number of ether oxygens (including phenoxy) is 1. The van der Waals surface area contributed by atoms with E-state index in [1.54, 1.807) is 7.11 Å². The van der Waals surface area contributed by atoms with Crippen LogP contribution in [-0.4, -0.2) is 44.3 Å². The lowest BCUT2D eigenvalue weighted by molar-refractivity contribution is 0.130. The molecule has 1 heterocycles. The van der Waals surface area contributed by atoms with E-state index < -0.39 is 0 Å². The molecule has 0 aliphatic carbocycles. The van der Waals surface area contributed by atoms with Gasteiger partial charge in [0.1, 0.15) is 0 Å². The van der Waals surface area contributed by atoms with Gasteiger partial charge in [-0.15, -0.1) is 0 Å². The van der Waals surface area contributed by atoms with Crippen molar-refractivity contribution in [3.8, 4) is 0 Å². The third-order valence-corrected chi connectivity index (χ3v) is 2.55. The molecule has 0 spiro atoms. The normalized spacial score (nSPS) is 17.4. The number of carbonyl (C=O) groups is 1. The molecule has 82 valence electrons. The van der Waals surface area contributed by atoms with Crippen molar-refractivity contribution in [2.75, 3.05) is 33.4 Å². The van der Waals surface area contributed by atoms with Crippen LogP contribution in [0, 0.1) is 5.41 Å². The van der Waals surface area contributed by atoms with Crippen LogP contribution in [0.15, 0.2) is 0 Å². The second kappa shape index (κ2) is 4.64. The van der Waals surface area contributed by atoms with Crippen molar-refractivity contribution in [1.82, 2.24) is 10.2 Å². The maximum atomic E-state index is 11.3. The second-order valence-electron chi connectivity index (χ2n) is 4.56. The Labute approximate surface area is 85.6 Å². The Hall–Kier alpha value is -0.770. The predicted molar refractivity (Wildman–Crippen MR) is 55.2 cm³/mol. The highest BCUT2D eigenvalue weighted by Gasteiger charge is 2.27. The number of methoxy groups -OCH3 is 1. The monoisotopic (exact) mass is 200 g/mol. The molecular weight excluding hydrogens is 180 g/mol. The van der Waals surface area contributed by atoms with Gasteiger partial charge in [0.25, 0.3) is 0 Å². The summed E-state index contributed by atoms with van der Waals surface area (Å²) in [4.78, 5) is 13.2. The Morgan fingerprint density at radius 3 is 2.79 bits per heavy atom. The van der Waals surface area contributed by atoms with E-state index in [1.165, 1.54) is 0 Å². The molecule has 0 radical (unpaired) electrons. The first-order chi connectivity index (χ1) is 6.55. The SMILES string of the molecule is COCCC(C)(C)CN1CCNC1=O. The van der Waals surface area contributed by atoms with Crippen molar-refractivity contribution in [2.24, 2.45) is 5.41 Å². The molecule has 0 aromatic heterocycles. The van der Waals surface area contributed by atoms with Gasteiger partial charge in [-0.05, 0) is 11.8 Å². The lowest BCUT2D eigenvalue weighted by Gasteiger charge is -2.29. The van der Waals surface area contributed by atoms with E-state index in [0.717, 1.165) is 32.7 Å². The van der Waals surface area contributed by atoms with E-state index in [0.29, 0.717) is 0 Å². The molecule has 0 unspecified atom stereocenters. The van der Waals surface area contributed by atoms with Crippen LogP contribution in [0.5, 0.6) is 0 Å². The van der Waals surface area contributed by atoms with Gasteiger partial charge in [0.2, 0.25) is 0 Å². The van der Waals surface area contributed by atoms with E-state index in [-0.39, 0.29) is 11.4 Å². The largest absolute Gasteiger partial charge is 0.385 e. The maximum absolute atomic E-state index is 11.3. The molecule has 0 atom stereocenters. The highest BCUT2D eigenvalue weighted by atomic mass is 16.5. The van der Waals surface area contributed by atoms with Crippen LogP contribution in [0.25, 0.3) is 0 Å². The zero-order chi connectivity index (χ0) is 10.6. The van der Waals surface area contributed by atoms with Crippen molar-refractivity contribution < 1.29 is 9.53 Å². The molecule has 1 fully saturated rings. The highest BCUT2D eigenvalue weighted by molar-refractivity contribution is 5.76. The summed E-state index contributed by atoms with van der Waals surface area (Å²) < 4.78 is 5.05. The Bertz CT molecular complexity index is 204. The minimum atomic E-state index is 0.0653. The zero-order valence-electron chi connectivity index (χ0n) is 9.30. The fraction of sp³-hybridized carbons (Fsp3) is 0.900. The number of amides is 2. The number of nitrogens with one attached hydrogen (secondary N) is 1. The molecule has 1 aliphatic rings. The molecule has 0 bridgehead atoms. The van der Waals surface area contributed by atoms with Gasteiger partial charge in [0.15, 0.2) is 0 Å². The summed E-state index contributed by atoms with van der Waals surface area (Å²) in [5.41, 5.74) is 0.137. The minimum absolute atomic E-state index is 0.0653. The van der Waals surface area contributed by atoms with Gasteiger partial charge in [0.05, 0.1) is 0 Å². The molecule has 1 rings (SSSR count). The molecule has 1 saturated heterocycles. The van der Waals surface area contributed by atoms with Gasteiger partial charge in [-0.1, -0.05) is 13.8 Å². The van der Waals surface area contributed by atoms with Crippen LogP contribution >= 0.6 is 0 Å². The molecule has 0 saturated carbocycles. The Balaban J connectivity index is 2.37. The van der Waals surface area contributed by atoms with Crippen molar-refractivity contribution in [1.29, 1.82) is 0 Å². The van der Waals surface area contributed by atoms with E-state index in [4.69, 9.17) is 4.74 Å². The summed E-state index contributed by atoms with van der Waals surface area (Å²) in [6, 6.07) is 0.0653. The first-order valence-electron chi connectivity index (χ1n) is 5.07. The fourth-order valence-corrected chi connectivity index (χ4v) is 1.64. The summed E-state index contributed by atoms with van der Waals surface area (Å²) in [6.07, 6.45) is 0.979. The van der Waals surface area contributed by atoms with Gasteiger partial charge >= 0.3 is 6.03 Å². The minimum Gasteiger partial charge on any atom is -0.385 e. The summed E-state index contributed by atoms with van der Waals surface area (Å²) in [5.74, 6) is 0. The number of hydrogen-bond donors (Lipinski definition) is 1. The van der Waals surface area contributed by atoms with Gasteiger partial charge in [0, 0.05) is 33.4 Å². The fourth-order valence-electron chi connectivity index (χ4n) is 1.64. The summed E-state index contributed by atoms with van der Waals surface area (Å²) in [7, 11) is 1.71. The molecule has 0 aromatic carbocycles. The van der Waals surface area contributed by atoms with Gasteiger partial charge in [-0.3, -0.25) is 0 Å². The average molecular weight is 200 g/mol. The van der Waals surface area contributed by atoms with Crippen molar-refractivity contribution in [2.45, 2.75) is 20.3 Å². The second-order valence-corrected chi connectivity index (χ2v) is 4.56. The summed E-state index contributed by atoms with van der Waals surface area (Å²) >= 11 is 0. The highest BCUT2D eigenvalue weighted by Crippen LogP contribution is 2.22. The summed E-state index contributed by atoms with van der Waals surface area (Å²) in [5, 5.41) is 2.80. The van der Waals surface area contributed by atoms with Crippen LogP contribution in [0.1, 0.15) is 20.3 Å². The van der Waals surface area contributed by atoms with Crippen molar-refractivity contribution >= 4 is 6.03 Å². The lowest BCUT2D eigenvalue weighted by atomic mass is 9.89. The molecule has 1 aliphatic heterocycles. The van der Waals surface area contributed by atoms with Crippen LogP contribution in [-0.2, 0) is 4.74 Å². The predicted octanol–water partition coefficient (Wildman–Crippen LogP) is 1.07. The molecule has 4 nitrogen and oxygen atoms in total. The molecule has 2 amide bonds. The maximum Gasteiger partial charge on any atom is 0.317 e. The average Bonchev–Trinajstić information content (AvgIpc) is 2.48. The quantitative estimate of drug-likeness (QED) is 0.721.